The minimum absolute atomic E-state index is 0.0761. The summed E-state index contributed by atoms with van der Waals surface area (Å²) < 4.78 is 13.3. The Morgan fingerprint density at radius 2 is 1.95 bits per heavy atom. The number of nitrogens with one attached hydrogen (secondary N) is 1. The van der Waals surface area contributed by atoms with Gasteiger partial charge in [-0.1, -0.05) is 23.2 Å². The molecule has 110 valence electrons. The highest BCUT2D eigenvalue weighted by Crippen LogP contribution is 2.31. The smallest absolute Gasteiger partial charge is 0.274 e. The number of phenolic OH excluding ortho intramolecular Hbond substituents is 1. The zero-order valence-corrected chi connectivity index (χ0v) is 12.0. The number of aromatic hydroxyl groups is 1. The number of phenols is 1. The molecule has 2 N–H and O–H groups in total. The van der Waals surface area contributed by atoms with Gasteiger partial charge in [0.25, 0.3) is 5.69 Å². The van der Waals surface area contributed by atoms with Crippen LogP contribution in [0.5, 0.6) is 5.75 Å². The largest absolute Gasteiger partial charge is 0.506 e. The van der Waals surface area contributed by atoms with E-state index in [1.54, 1.807) is 0 Å². The lowest BCUT2D eigenvalue weighted by Crippen LogP contribution is -2.01. The van der Waals surface area contributed by atoms with Crippen LogP contribution in [0, 0.1) is 15.9 Å². The van der Waals surface area contributed by atoms with E-state index in [2.05, 4.69) is 5.32 Å². The SMILES string of the molecule is O=[N+]([O-])c1cc(F)cc(NCc2cc(Cl)cc(Cl)c2O)c1. The topological polar surface area (TPSA) is 75.4 Å². The molecular formula is C13H9Cl2FN2O3. The Labute approximate surface area is 129 Å². The van der Waals surface area contributed by atoms with Gasteiger partial charge in [-0.15, -0.1) is 0 Å². The predicted octanol–water partition coefficient (Wildman–Crippen LogP) is 4.36. The molecule has 0 unspecified atom stereocenters. The van der Waals surface area contributed by atoms with Crippen LogP contribution >= 0.6 is 23.2 Å². The molecule has 0 fully saturated rings. The first kappa shape index (κ1) is 15.3. The van der Waals surface area contributed by atoms with Gasteiger partial charge in [0.2, 0.25) is 0 Å². The lowest BCUT2D eigenvalue weighted by Gasteiger charge is -2.10. The van der Waals surface area contributed by atoms with Crippen molar-refractivity contribution >= 4 is 34.6 Å². The van der Waals surface area contributed by atoms with Gasteiger partial charge in [0.15, 0.2) is 0 Å². The van der Waals surface area contributed by atoms with Crippen molar-refractivity contribution in [2.75, 3.05) is 5.32 Å². The molecule has 8 heteroatoms. The number of hydrogen-bond donors (Lipinski definition) is 2. The molecule has 0 aromatic heterocycles. The van der Waals surface area contributed by atoms with Gasteiger partial charge in [-0.2, -0.15) is 0 Å². The highest BCUT2D eigenvalue weighted by Gasteiger charge is 2.11. The first-order valence-corrected chi connectivity index (χ1v) is 6.48. The van der Waals surface area contributed by atoms with Crippen molar-refractivity contribution in [3.05, 3.63) is 61.9 Å². The van der Waals surface area contributed by atoms with Gasteiger partial charge in [-0.05, 0) is 18.2 Å². The Kier molecular flexibility index (Phi) is 4.50. The first-order valence-electron chi connectivity index (χ1n) is 5.72. The van der Waals surface area contributed by atoms with E-state index >= 15 is 0 Å². The molecule has 0 aliphatic rings. The van der Waals surface area contributed by atoms with E-state index in [0.717, 1.165) is 12.1 Å². The second kappa shape index (κ2) is 6.15. The van der Waals surface area contributed by atoms with Gasteiger partial charge >= 0.3 is 0 Å². The Bertz CT molecular complexity index is 710. The highest BCUT2D eigenvalue weighted by atomic mass is 35.5. The quantitative estimate of drug-likeness (QED) is 0.645. The van der Waals surface area contributed by atoms with Crippen molar-refractivity contribution in [2.24, 2.45) is 0 Å². The Hall–Kier alpha value is -2.05. The van der Waals surface area contributed by atoms with E-state index in [1.807, 2.05) is 0 Å². The van der Waals surface area contributed by atoms with E-state index in [4.69, 9.17) is 23.2 Å². The van der Waals surface area contributed by atoms with Crippen LogP contribution < -0.4 is 5.32 Å². The van der Waals surface area contributed by atoms with Gasteiger partial charge < -0.3 is 10.4 Å². The van der Waals surface area contributed by atoms with Crippen LogP contribution in [0.25, 0.3) is 0 Å². The fraction of sp³-hybridized carbons (Fsp3) is 0.0769. The molecular weight excluding hydrogens is 322 g/mol. The van der Waals surface area contributed by atoms with Crippen LogP contribution in [0.15, 0.2) is 30.3 Å². The number of nitrogens with zero attached hydrogens (tertiary/aromatic N) is 1. The molecule has 0 spiro atoms. The summed E-state index contributed by atoms with van der Waals surface area (Å²) in [5, 5.41) is 23.6. The Morgan fingerprint density at radius 1 is 1.24 bits per heavy atom. The standard InChI is InChI=1S/C13H9Cl2FN2O3/c14-8-1-7(13(19)12(15)2-8)6-17-10-3-9(16)4-11(5-10)18(20)21/h1-5,17,19H,6H2. The summed E-state index contributed by atoms with van der Waals surface area (Å²) >= 11 is 11.6. The second-order valence-electron chi connectivity index (χ2n) is 4.20. The normalized spacial score (nSPS) is 10.4. The average molecular weight is 331 g/mol. The van der Waals surface area contributed by atoms with Crippen molar-refractivity contribution in [3.63, 3.8) is 0 Å². The minimum Gasteiger partial charge on any atom is -0.506 e. The zero-order chi connectivity index (χ0) is 15.6. The molecule has 0 aliphatic heterocycles. The van der Waals surface area contributed by atoms with Crippen LogP contribution in [0.3, 0.4) is 0 Å². The molecule has 21 heavy (non-hydrogen) atoms. The number of halogens is 3. The summed E-state index contributed by atoms with van der Waals surface area (Å²) in [6, 6.07) is 5.99. The number of benzene rings is 2. The van der Waals surface area contributed by atoms with E-state index in [1.165, 1.54) is 18.2 Å². The monoisotopic (exact) mass is 330 g/mol. The van der Waals surface area contributed by atoms with E-state index in [9.17, 15) is 19.6 Å². The molecule has 0 heterocycles. The summed E-state index contributed by atoms with van der Waals surface area (Å²) in [7, 11) is 0. The lowest BCUT2D eigenvalue weighted by atomic mass is 10.2. The maximum absolute atomic E-state index is 13.3. The molecule has 2 rings (SSSR count). The maximum Gasteiger partial charge on any atom is 0.274 e. The van der Waals surface area contributed by atoms with Crippen LogP contribution in [0.2, 0.25) is 10.0 Å². The Morgan fingerprint density at radius 3 is 2.62 bits per heavy atom. The molecule has 2 aromatic rings. The number of nitro benzene ring substituents is 1. The molecule has 0 amide bonds. The highest BCUT2D eigenvalue weighted by molar-refractivity contribution is 6.35. The third-order valence-corrected chi connectivity index (χ3v) is 3.19. The zero-order valence-electron chi connectivity index (χ0n) is 10.4. The molecule has 2 aromatic carbocycles. The third kappa shape index (κ3) is 3.74. The molecule has 0 radical (unpaired) electrons. The number of hydrogen-bond acceptors (Lipinski definition) is 4. The number of nitro groups is 1. The third-order valence-electron chi connectivity index (χ3n) is 2.68. The average Bonchev–Trinajstić information content (AvgIpc) is 2.40. The first-order chi connectivity index (χ1) is 9.86. The Balaban J connectivity index is 2.22. The van der Waals surface area contributed by atoms with Crippen molar-refractivity contribution in [1.82, 2.24) is 0 Å². The van der Waals surface area contributed by atoms with E-state index in [0.29, 0.717) is 10.6 Å². The second-order valence-corrected chi connectivity index (χ2v) is 5.05. The minimum atomic E-state index is -0.736. The van der Waals surface area contributed by atoms with Gasteiger partial charge in [-0.25, -0.2) is 4.39 Å². The van der Waals surface area contributed by atoms with Crippen molar-refractivity contribution in [3.8, 4) is 5.75 Å². The molecule has 0 atom stereocenters. The van der Waals surface area contributed by atoms with Crippen molar-refractivity contribution in [1.29, 1.82) is 0 Å². The van der Waals surface area contributed by atoms with Crippen LogP contribution in [0.1, 0.15) is 5.56 Å². The summed E-state index contributed by atoms with van der Waals surface area (Å²) in [4.78, 5) is 9.97. The number of rotatable bonds is 4. The van der Waals surface area contributed by atoms with Gasteiger partial charge in [0.05, 0.1) is 16.0 Å². The number of anilines is 1. The number of non-ortho nitro benzene ring substituents is 1. The predicted molar refractivity (Wildman–Crippen MR) is 78.5 cm³/mol. The van der Waals surface area contributed by atoms with Crippen molar-refractivity contribution < 1.29 is 14.4 Å². The fourth-order valence-corrected chi connectivity index (χ4v) is 2.27. The van der Waals surface area contributed by atoms with Crippen LogP contribution in [0.4, 0.5) is 15.8 Å². The van der Waals surface area contributed by atoms with Gasteiger partial charge in [0.1, 0.15) is 11.6 Å². The summed E-state index contributed by atoms with van der Waals surface area (Å²) in [5.41, 5.74) is 0.225. The molecule has 0 saturated carbocycles. The molecule has 0 bridgehead atoms. The fourth-order valence-electron chi connectivity index (χ4n) is 1.73. The summed E-state index contributed by atoms with van der Waals surface area (Å²) in [5.74, 6) is -0.889. The summed E-state index contributed by atoms with van der Waals surface area (Å²) in [6.07, 6.45) is 0. The summed E-state index contributed by atoms with van der Waals surface area (Å²) in [6.45, 7) is 0.0761. The van der Waals surface area contributed by atoms with Crippen molar-refractivity contribution in [2.45, 2.75) is 6.54 Å². The van der Waals surface area contributed by atoms with E-state index < -0.39 is 10.7 Å². The lowest BCUT2D eigenvalue weighted by molar-refractivity contribution is -0.385. The molecule has 5 nitrogen and oxygen atoms in total. The van der Waals surface area contributed by atoms with Crippen LogP contribution in [-0.2, 0) is 6.54 Å². The van der Waals surface area contributed by atoms with Gasteiger partial charge in [0, 0.05) is 28.9 Å². The molecule has 0 aliphatic carbocycles. The molecule has 0 saturated heterocycles. The van der Waals surface area contributed by atoms with Gasteiger partial charge in [-0.3, -0.25) is 10.1 Å². The van der Waals surface area contributed by atoms with E-state index in [-0.39, 0.29) is 28.7 Å². The maximum atomic E-state index is 13.3. The van der Waals surface area contributed by atoms with Crippen LogP contribution in [-0.4, -0.2) is 10.0 Å².